The predicted molar refractivity (Wildman–Crippen MR) is 106 cm³/mol. The van der Waals surface area contributed by atoms with Crippen LogP contribution in [-0.4, -0.2) is 54.5 Å². The summed E-state index contributed by atoms with van der Waals surface area (Å²) in [7, 11) is 0. The number of nitrogens with zero attached hydrogens (tertiary/aromatic N) is 1. The van der Waals surface area contributed by atoms with E-state index in [9.17, 15) is 9.59 Å². The zero-order valence-corrected chi connectivity index (χ0v) is 16.4. The first-order chi connectivity index (χ1) is 12.2. The fraction of sp³-hybridized carbons (Fsp3) is 0.412. The molecule has 1 saturated heterocycles. The Bertz CT molecular complexity index is 722. The molecular weight excluding hydrogens is 376 g/mol. The highest BCUT2D eigenvalue weighted by atomic mass is 32.2. The largest absolute Gasteiger partial charge is 0.462 e. The molecule has 3 rings (SSSR count). The summed E-state index contributed by atoms with van der Waals surface area (Å²) in [5, 5.41) is 7.36. The average molecular weight is 397 g/mol. The van der Waals surface area contributed by atoms with E-state index in [1.807, 2.05) is 34.7 Å². The minimum Gasteiger partial charge on any atom is -0.462 e. The van der Waals surface area contributed by atoms with E-state index in [4.69, 9.17) is 4.74 Å². The Morgan fingerprint density at radius 3 is 2.76 bits per heavy atom. The van der Waals surface area contributed by atoms with E-state index in [2.05, 4.69) is 10.2 Å². The number of nitrogens with one attached hydrogen (secondary N) is 1. The maximum Gasteiger partial charge on any atom is 0.341 e. The summed E-state index contributed by atoms with van der Waals surface area (Å²) in [5.41, 5.74) is 1.28. The zero-order chi connectivity index (χ0) is 17.6. The molecule has 0 aromatic carbocycles. The van der Waals surface area contributed by atoms with Gasteiger partial charge in [0.15, 0.2) is 0 Å². The van der Waals surface area contributed by atoms with Crippen LogP contribution in [0.2, 0.25) is 0 Å². The predicted octanol–water partition coefficient (Wildman–Crippen LogP) is 3.64. The van der Waals surface area contributed by atoms with Crippen LogP contribution in [0.4, 0.5) is 5.00 Å². The highest BCUT2D eigenvalue weighted by Gasteiger charge is 2.24. The third-order valence-corrected chi connectivity index (χ3v) is 6.52. The summed E-state index contributed by atoms with van der Waals surface area (Å²) in [6.07, 6.45) is 0. The van der Waals surface area contributed by atoms with E-state index in [-0.39, 0.29) is 5.91 Å². The van der Waals surface area contributed by atoms with Gasteiger partial charge in [-0.25, -0.2) is 4.79 Å². The van der Waals surface area contributed by atoms with Gasteiger partial charge in [0, 0.05) is 40.4 Å². The van der Waals surface area contributed by atoms with Crippen molar-refractivity contribution in [1.29, 1.82) is 0 Å². The van der Waals surface area contributed by atoms with Crippen LogP contribution < -0.4 is 5.32 Å². The Morgan fingerprint density at radius 2 is 2.08 bits per heavy atom. The topological polar surface area (TPSA) is 58.6 Å². The molecule has 0 radical (unpaired) electrons. The van der Waals surface area contributed by atoms with Crippen LogP contribution in [0, 0.1) is 0 Å². The van der Waals surface area contributed by atoms with Crippen molar-refractivity contribution in [2.45, 2.75) is 6.92 Å². The van der Waals surface area contributed by atoms with Gasteiger partial charge in [-0.05, 0) is 18.4 Å². The lowest BCUT2D eigenvalue weighted by Crippen LogP contribution is -2.38. The molecule has 0 spiro atoms. The van der Waals surface area contributed by atoms with Gasteiger partial charge in [-0.2, -0.15) is 11.8 Å². The standard InChI is InChI=1S/C17H20N2O3S3/c1-2-22-17(21)15-12(13-4-3-7-24-13)11-25-16(15)18-14(20)10-19-5-8-23-9-6-19/h3-4,7,11H,2,5-6,8-10H2,1H3,(H,18,20). The Balaban J connectivity index is 1.78. The Labute approximate surface area is 159 Å². The highest BCUT2D eigenvalue weighted by molar-refractivity contribution is 7.99. The molecule has 1 aliphatic heterocycles. The first-order valence-corrected chi connectivity index (χ1v) is 11.0. The second kappa shape index (κ2) is 8.84. The van der Waals surface area contributed by atoms with Crippen LogP contribution in [0.1, 0.15) is 17.3 Å². The molecule has 1 N–H and O–H groups in total. The van der Waals surface area contributed by atoms with Crippen LogP contribution in [0.3, 0.4) is 0 Å². The maximum absolute atomic E-state index is 12.4. The molecule has 0 unspecified atom stereocenters. The lowest BCUT2D eigenvalue weighted by molar-refractivity contribution is -0.117. The van der Waals surface area contributed by atoms with Crippen LogP contribution in [0.25, 0.3) is 10.4 Å². The molecule has 8 heteroatoms. The number of amides is 1. The summed E-state index contributed by atoms with van der Waals surface area (Å²) in [4.78, 5) is 28.0. The molecule has 0 aliphatic carbocycles. The molecule has 25 heavy (non-hydrogen) atoms. The van der Waals surface area contributed by atoms with Crippen LogP contribution >= 0.6 is 34.4 Å². The van der Waals surface area contributed by atoms with Gasteiger partial charge in [-0.3, -0.25) is 9.69 Å². The third kappa shape index (κ3) is 4.63. The number of thiophene rings is 2. The van der Waals surface area contributed by atoms with Crippen molar-refractivity contribution in [3.05, 3.63) is 28.5 Å². The van der Waals surface area contributed by atoms with Gasteiger partial charge >= 0.3 is 5.97 Å². The van der Waals surface area contributed by atoms with Gasteiger partial charge < -0.3 is 10.1 Å². The zero-order valence-electron chi connectivity index (χ0n) is 13.9. The minimum absolute atomic E-state index is 0.0861. The number of thioether (sulfide) groups is 1. The van der Waals surface area contributed by atoms with Gasteiger partial charge in [0.05, 0.1) is 13.2 Å². The third-order valence-electron chi connectivity index (χ3n) is 3.78. The fourth-order valence-corrected chi connectivity index (χ4v) is 5.36. The first kappa shape index (κ1) is 18.4. The van der Waals surface area contributed by atoms with Crippen LogP contribution in [0.5, 0.6) is 0 Å². The summed E-state index contributed by atoms with van der Waals surface area (Å²) >= 11 is 4.84. The van der Waals surface area contributed by atoms with Crippen molar-refractivity contribution in [1.82, 2.24) is 4.90 Å². The van der Waals surface area contributed by atoms with Gasteiger partial charge in [0.1, 0.15) is 10.6 Å². The Hall–Kier alpha value is -1.35. The highest BCUT2D eigenvalue weighted by Crippen LogP contribution is 2.38. The molecule has 2 aromatic rings. The van der Waals surface area contributed by atoms with Gasteiger partial charge in [0.2, 0.25) is 5.91 Å². The van der Waals surface area contributed by atoms with E-state index in [1.165, 1.54) is 11.3 Å². The van der Waals surface area contributed by atoms with Crippen LogP contribution in [-0.2, 0) is 9.53 Å². The van der Waals surface area contributed by atoms with E-state index >= 15 is 0 Å². The quantitative estimate of drug-likeness (QED) is 0.756. The van der Waals surface area contributed by atoms with Crippen molar-refractivity contribution in [2.75, 3.05) is 43.1 Å². The number of hydrogen-bond donors (Lipinski definition) is 1. The molecule has 2 aromatic heterocycles. The Morgan fingerprint density at radius 1 is 1.28 bits per heavy atom. The molecule has 0 atom stereocenters. The number of esters is 1. The number of anilines is 1. The molecule has 1 fully saturated rings. The van der Waals surface area contributed by atoms with E-state index in [1.54, 1.807) is 18.3 Å². The summed E-state index contributed by atoms with van der Waals surface area (Å²) < 4.78 is 5.21. The lowest BCUT2D eigenvalue weighted by atomic mass is 10.1. The van der Waals surface area contributed by atoms with Gasteiger partial charge in [0.25, 0.3) is 0 Å². The first-order valence-electron chi connectivity index (χ1n) is 8.11. The van der Waals surface area contributed by atoms with Gasteiger partial charge in [-0.15, -0.1) is 22.7 Å². The lowest BCUT2D eigenvalue weighted by Gasteiger charge is -2.25. The van der Waals surface area contributed by atoms with Crippen molar-refractivity contribution < 1.29 is 14.3 Å². The molecule has 3 heterocycles. The molecule has 0 bridgehead atoms. The monoisotopic (exact) mass is 396 g/mol. The molecule has 1 amide bonds. The molecular formula is C17H20N2O3S3. The molecule has 1 aliphatic rings. The van der Waals surface area contributed by atoms with E-state index < -0.39 is 5.97 Å². The Kier molecular flexibility index (Phi) is 6.52. The van der Waals surface area contributed by atoms with Crippen molar-refractivity contribution in [3.8, 4) is 10.4 Å². The summed E-state index contributed by atoms with van der Waals surface area (Å²) in [6.45, 7) is 4.29. The van der Waals surface area contributed by atoms with Crippen molar-refractivity contribution in [2.24, 2.45) is 0 Å². The van der Waals surface area contributed by atoms with Crippen molar-refractivity contribution in [3.63, 3.8) is 0 Å². The molecule has 134 valence electrons. The van der Waals surface area contributed by atoms with Crippen LogP contribution in [0.15, 0.2) is 22.9 Å². The van der Waals surface area contributed by atoms with Gasteiger partial charge in [-0.1, -0.05) is 6.07 Å². The number of carbonyl (C=O) groups excluding carboxylic acids is 2. The molecule has 5 nitrogen and oxygen atoms in total. The molecule has 0 saturated carbocycles. The minimum atomic E-state index is -0.392. The number of ether oxygens (including phenoxy) is 1. The summed E-state index contributed by atoms with van der Waals surface area (Å²) in [6, 6.07) is 3.91. The second-order valence-corrected chi connectivity index (χ2v) is 8.54. The van der Waals surface area contributed by atoms with E-state index in [0.29, 0.717) is 23.7 Å². The van der Waals surface area contributed by atoms with E-state index in [0.717, 1.165) is 35.0 Å². The number of carbonyl (C=O) groups is 2. The fourth-order valence-electron chi connectivity index (χ4n) is 2.60. The average Bonchev–Trinajstić information content (AvgIpc) is 3.25. The van der Waals surface area contributed by atoms with Crippen molar-refractivity contribution >= 4 is 51.3 Å². The maximum atomic E-state index is 12.4. The number of hydrogen-bond acceptors (Lipinski definition) is 7. The second-order valence-electron chi connectivity index (χ2n) is 5.49. The smallest absolute Gasteiger partial charge is 0.341 e. The normalized spacial score (nSPS) is 15.1. The number of rotatable bonds is 6. The summed E-state index contributed by atoms with van der Waals surface area (Å²) in [5.74, 6) is 1.64. The SMILES string of the molecule is CCOC(=O)c1c(-c2cccs2)csc1NC(=O)CN1CCSCC1.